The lowest BCUT2D eigenvalue weighted by Crippen LogP contribution is -2.71. The number of aliphatic hydroxyl groups is 26. The van der Waals surface area contributed by atoms with Gasteiger partial charge in [-0.05, 0) is 6.92 Å². The molecule has 31 N–H and O–H groups in total. The van der Waals surface area contributed by atoms with E-state index in [0.29, 0.717) is 0 Å². The predicted octanol–water partition coefficient (Wildman–Crippen LogP) is -21.4. The van der Waals surface area contributed by atoms with Crippen LogP contribution in [-0.4, -0.2) is 536 Å². The fourth-order valence-electron chi connectivity index (χ4n) is 15.9. The van der Waals surface area contributed by atoms with Gasteiger partial charge in [0.25, 0.3) is 0 Å². The van der Waals surface area contributed by atoms with Crippen molar-refractivity contribution >= 4 is 34.0 Å². The van der Waals surface area contributed by atoms with Crippen LogP contribution in [0.25, 0.3) is 0 Å². The van der Waals surface area contributed by atoms with Gasteiger partial charge in [-0.1, -0.05) is 0 Å². The lowest BCUT2D eigenvalue weighted by atomic mass is 9.93. The second-order valence-corrected chi connectivity index (χ2v) is 32.6. The fourth-order valence-corrected chi connectivity index (χ4v) is 16.5. The number of carbonyl (C=O) groups excluding carboxylic acids is 4. The van der Waals surface area contributed by atoms with Gasteiger partial charge in [0.1, 0.15) is 238 Å². The Labute approximate surface area is 713 Å². The average molecular weight is 1870 g/mol. The molecule has 57 nitrogen and oxygen atoms in total. The van der Waals surface area contributed by atoms with Crippen molar-refractivity contribution in [3.8, 4) is 0 Å². The van der Waals surface area contributed by atoms with Crippen LogP contribution in [0, 0.1) is 0 Å². The summed E-state index contributed by atoms with van der Waals surface area (Å²) in [5.41, 5.74) is 0. The van der Waals surface area contributed by atoms with Gasteiger partial charge in [-0.15, -0.1) is 0 Å². The molecule has 0 aromatic carbocycles. The number of aliphatic hydroxyl groups excluding tert-OH is 26. The van der Waals surface area contributed by atoms with Gasteiger partial charge in [0.15, 0.2) is 62.9 Å². The Kier molecular flexibility index (Phi) is 37.0. The third kappa shape index (κ3) is 23.6. The summed E-state index contributed by atoms with van der Waals surface area (Å²) in [4.78, 5) is 51.3. The third-order valence-electron chi connectivity index (χ3n) is 22.6. The minimum Gasteiger partial charge on any atom is -0.394 e. The van der Waals surface area contributed by atoms with Crippen LogP contribution in [0.3, 0.4) is 0 Å². The minimum absolute atomic E-state index is 0.855. The van der Waals surface area contributed by atoms with E-state index < -0.39 is 400 Å². The van der Waals surface area contributed by atoms with Gasteiger partial charge < -0.3 is 244 Å². The Morgan fingerprint density at radius 2 is 0.540 bits per heavy atom. The normalized spacial score (nSPS) is 48.6. The number of amides is 4. The zero-order valence-electron chi connectivity index (χ0n) is 67.3. The van der Waals surface area contributed by atoms with E-state index in [1.54, 1.807) is 0 Å². The number of rotatable bonds is 33. The van der Waals surface area contributed by atoms with Crippen molar-refractivity contribution in [1.82, 2.24) is 21.3 Å². The lowest BCUT2D eigenvalue weighted by Gasteiger charge is -2.51. The molecule has 126 heavy (non-hydrogen) atoms. The van der Waals surface area contributed by atoms with E-state index in [2.05, 4.69) is 25.5 Å². The summed E-state index contributed by atoms with van der Waals surface area (Å²) in [5, 5.41) is 300. The summed E-state index contributed by atoms with van der Waals surface area (Å²) in [6.45, 7) is -5.09. The highest BCUT2D eigenvalue weighted by atomic mass is 32.3. The average Bonchev–Trinajstić information content (AvgIpc) is 0.757. The summed E-state index contributed by atoms with van der Waals surface area (Å²) < 4.78 is 149. The first-order valence-corrected chi connectivity index (χ1v) is 41.0. The quantitative estimate of drug-likeness (QED) is 0.0271. The maximum Gasteiger partial charge on any atom is 0.397 e. The van der Waals surface area contributed by atoms with Crippen molar-refractivity contribution < 1.29 is 259 Å². The highest BCUT2D eigenvalue weighted by molar-refractivity contribution is 7.80. The smallest absolute Gasteiger partial charge is 0.394 e. The van der Waals surface area contributed by atoms with Crippen molar-refractivity contribution in [2.45, 2.75) is 341 Å². The van der Waals surface area contributed by atoms with Crippen LogP contribution in [-0.2, 0) is 124 Å². The molecule has 730 valence electrons. The van der Waals surface area contributed by atoms with Gasteiger partial charge in [0, 0.05) is 27.7 Å². The van der Waals surface area contributed by atoms with Gasteiger partial charge >= 0.3 is 10.4 Å². The lowest BCUT2D eigenvalue weighted by molar-refractivity contribution is -0.397. The molecule has 10 aliphatic rings. The van der Waals surface area contributed by atoms with E-state index in [9.17, 15) is 165 Å². The molecule has 0 aliphatic carbocycles. The van der Waals surface area contributed by atoms with Crippen molar-refractivity contribution in [2.75, 3.05) is 59.5 Å². The van der Waals surface area contributed by atoms with Crippen LogP contribution in [0.2, 0.25) is 0 Å². The first kappa shape index (κ1) is 104. The Balaban J connectivity index is 0.960. The number of hydrogen-bond acceptors (Lipinski definition) is 52. The Bertz CT molecular complexity index is 3570. The van der Waals surface area contributed by atoms with Gasteiger partial charge in [0.05, 0.1) is 65.6 Å². The molecule has 10 rings (SSSR count). The van der Waals surface area contributed by atoms with Crippen molar-refractivity contribution in [2.24, 2.45) is 0 Å². The van der Waals surface area contributed by atoms with Gasteiger partial charge in [-0.3, -0.25) is 23.7 Å². The highest BCUT2D eigenvalue weighted by Crippen LogP contribution is 2.41. The van der Waals surface area contributed by atoms with Crippen LogP contribution in [0.15, 0.2) is 0 Å². The number of carbonyl (C=O) groups is 4. The van der Waals surface area contributed by atoms with Gasteiger partial charge in [-0.25, -0.2) is 4.18 Å². The molecule has 0 bridgehead atoms. The van der Waals surface area contributed by atoms with Crippen LogP contribution < -0.4 is 21.3 Å². The number of ether oxygens (including phenoxy) is 19. The van der Waals surface area contributed by atoms with Crippen LogP contribution in [0.5, 0.6) is 0 Å². The van der Waals surface area contributed by atoms with E-state index >= 15 is 0 Å². The fraction of sp³-hybridized carbons (Fsp3) is 0.941. The highest BCUT2D eigenvalue weighted by Gasteiger charge is 2.62. The van der Waals surface area contributed by atoms with Crippen LogP contribution >= 0.6 is 0 Å². The monoisotopic (exact) mass is 1870 g/mol. The predicted molar refractivity (Wildman–Crippen MR) is 385 cm³/mol. The summed E-state index contributed by atoms with van der Waals surface area (Å²) >= 11 is 0. The first-order valence-electron chi connectivity index (χ1n) is 39.7. The molecule has 10 heterocycles. The maximum absolute atomic E-state index is 13.2. The Morgan fingerprint density at radius 1 is 0.262 bits per heavy atom. The topological polar surface area (TPSA) is 881 Å². The van der Waals surface area contributed by atoms with E-state index in [0.717, 1.165) is 27.7 Å². The molecule has 50 atom stereocenters. The largest absolute Gasteiger partial charge is 0.397 e. The molecular formula is C68H114N4O53S. The molecule has 0 aromatic heterocycles. The molecule has 0 radical (unpaired) electrons. The molecule has 10 saturated heterocycles. The Morgan fingerprint density at radius 3 is 0.984 bits per heavy atom. The van der Waals surface area contributed by atoms with E-state index in [4.69, 9.17) is 90.0 Å². The maximum atomic E-state index is 13.2. The second-order valence-electron chi connectivity index (χ2n) is 31.5. The molecule has 1 unspecified atom stereocenters. The summed E-state index contributed by atoms with van der Waals surface area (Å²) in [6, 6.07) is -7.83. The molecule has 0 aromatic rings. The zero-order valence-corrected chi connectivity index (χ0v) is 68.1. The minimum atomic E-state index is -5.45. The molecule has 4 amide bonds. The zero-order chi connectivity index (χ0) is 93.0. The molecular weight excluding hydrogens is 1750 g/mol. The number of nitrogens with one attached hydrogen (secondary N) is 4. The van der Waals surface area contributed by atoms with Crippen LogP contribution in [0.1, 0.15) is 34.6 Å². The molecule has 10 aliphatic heterocycles. The summed E-state index contributed by atoms with van der Waals surface area (Å²) in [7, 11) is -5.45. The van der Waals surface area contributed by atoms with Crippen molar-refractivity contribution in [3.05, 3.63) is 0 Å². The third-order valence-corrected chi connectivity index (χ3v) is 23.1. The Hall–Kier alpha value is -4.05. The van der Waals surface area contributed by atoms with E-state index in [-0.39, 0.29) is 0 Å². The first-order chi connectivity index (χ1) is 59.3. The SMILES string of the molecule is CC(=O)N[C@H]1[C@H](O[C@H]2[C@H](O)[C@@H](NC(C)=O)[C@H](O[C@@H]3[C@@H](O[C@@H]4[C@H](O)[C@H](O[C@H]5[C@H](O)[C@@H](NC(C)=O)[C@H](O[C@H]6[C@H](O)[C@@H](NC(C)=O)C(O)O[C@@H]6CO[C@@H]6O[C@@H](C)[C@@H](O)[C@@H](O)[C@@H]6O)O[C@@H]5CO)O[C@H](CO[C@H]5O[C@H](CO)[C@@H](O)[C@H](O[C@H]6O[C@H](CO[C@H]7O[C@H](CO)[C@@H](O)[C@H](O)[C@@H]7O)[C@@H](O)[C@H](O)[C@@H]6O)[C@@H]5O)[C@H]4O)O[C@H](CO)[C@@H](O)[C@@H]3O)O[C@@H]2CO)O[C@H](CO)[C@H](OS(=O)(=O)O)[C@@H]1O. The molecule has 0 saturated carbocycles. The summed E-state index contributed by atoms with van der Waals surface area (Å²) in [5.74, 6) is -3.86. The second kappa shape index (κ2) is 44.9. The van der Waals surface area contributed by atoms with Crippen molar-refractivity contribution in [1.29, 1.82) is 0 Å². The molecule has 0 spiro atoms. The standard InChI is InChI=1S/C68H114N4O53S/c1-15-33(83)43(93)47(97)63(109-15)108-14-28-54(39(89)29(59(102)110-28)69-16(2)79)120-60-30(70-17(3)80)41(91)53(24(10-77)114-60)121-67-51(101)57(38(88)27(118-67)13-107-65-50(100)56(37(87)22(8-75)112-65)122-66-49(99)45(95)36(86)26(117-66)12-106-64-48(98)44(94)34(84)20(6-73)111-64)123-68-58(46(96)35(85)21(7-74)113-68)124-62-31(71-18(4)81)40(90)52(23(9-76)115-62)119-61-32(72-19(5)82)42(92)55(25(11-78)116-61)125-126(103,104)105/h15,20-68,73-78,83-102H,6-14H2,1-5H3,(H,69,79)(H,70,80)(H,71,81)(H,72,82)(H,103,104,105)/t15-,20+,21+,22+,23+,24+,25+,26+,27+,28+,29+,30+,31+,32+,33+,34+,35+,36+,37+,38+,39+,40+,41+,42+,43+,44-,45-,46-,47-,48-,49-,50-,51-,52+,53+,54+,55-,56-,57-,58-,59?,60-,61-,62-,63+,64-,65-,66+,67-,68+/m0/s1. The van der Waals surface area contributed by atoms with Crippen molar-refractivity contribution in [3.63, 3.8) is 0 Å². The summed E-state index contributed by atoms with van der Waals surface area (Å²) in [6.07, 6.45) is -97.1. The molecule has 10 fully saturated rings. The van der Waals surface area contributed by atoms with Gasteiger partial charge in [-0.2, -0.15) is 8.42 Å². The number of hydrogen-bond donors (Lipinski definition) is 31. The van der Waals surface area contributed by atoms with Gasteiger partial charge in [0.2, 0.25) is 23.6 Å². The van der Waals surface area contributed by atoms with E-state index in [1.165, 1.54) is 6.92 Å². The molecule has 58 heteroatoms. The van der Waals surface area contributed by atoms with E-state index in [1.807, 2.05) is 0 Å². The van der Waals surface area contributed by atoms with Crippen LogP contribution in [0.4, 0.5) is 0 Å².